The van der Waals surface area contributed by atoms with Crippen LogP contribution in [0.5, 0.6) is 0 Å². The Labute approximate surface area is 699 Å². The predicted octanol–water partition coefficient (Wildman–Crippen LogP) is 34.1. The van der Waals surface area contributed by atoms with Crippen LogP contribution in [0.25, 0.3) is 133 Å². The number of furan rings is 3. The first-order chi connectivity index (χ1) is 57.4. The van der Waals surface area contributed by atoms with Gasteiger partial charge in [0.15, 0.2) is 0 Å². The molecular weight excluding hydrogens is 1430 g/mol. The summed E-state index contributed by atoms with van der Waals surface area (Å²) >= 11 is 0. The second-order valence-electron chi connectivity index (χ2n) is 38.9. The minimum atomic E-state index is -0.426. The van der Waals surface area contributed by atoms with Gasteiger partial charge in [0.2, 0.25) is 0 Å². The molecule has 6 aliphatic rings. The van der Waals surface area contributed by atoms with Crippen LogP contribution in [0.15, 0.2) is 213 Å². The average Bonchev–Trinajstić information content (AvgIpc) is 1.53. The zero-order valence-corrected chi connectivity index (χ0v) is 72.2. The van der Waals surface area contributed by atoms with Crippen LogP contribution in [0.1, 0.15) is 304 Å². The second kappa shape index (κ2) is 28.2. The third-order valence-corrected chi connectivity index (χ3v) is 30.7. The van der Waals surface area contributed by atoms with E-state index in [2.05, 4.69) is 288 Å². The van der Waals surface area contributed by atoms with Crippen molar-refractivity contribution in [2.24, 2.45) is 0 Å². The number of benzene rings is 12. The van der Waals surface area contributed by atoms with Crippen LogP contribution >= 0.6 is 0 Å². The fourth-order valence-electron chi connectivity index (χ4n) is 25.0. The summed E-state index contributed by atoms with van der Waals surface area (Å²) in [5, 5.41) is 7.42. The minimum absolute atomic E-state index is 0.178. The molecule has 0 unspecified atom stereocenters. The lowest BCUT2D eigenvalue weighted by Gasteiger charge is -2.40. The van der Waals surface area contributed by atoms with Gasteiger partial charge in [0.25, 0.3) is 0 Å². The highest BCUT2D eigenvalue weighted by Crippen LogP contribution is 2.70. The van der Waals surface area contributed by atoms with E-state index in [1.807, 2.05) is 0 Å². The standard InChI is InChI=1S/C114H117NO3/c1-13-17-21-25-39-61-113(62-40-26-22-18-14-2)84-49-35-30-44-75(84)98-100-80-47-33-38-52-93(80)118-108(100)102-77-58-55-72(67-90(77)114(106(102)105(98)113,63-41-27-23-19-15-3)64-42-28-24-20-16-4)115(70-53-56-73-81-68-89-82(69-88(81)110(7,8)86(73)65-70)95-85(109(89,5)6)59-60-94-96(95)78-45-31-36-50-91(78)116-94)71-54-57-76-87(66-71)112(11,12)104-101(76)107-99(79-46-32-37-51-92(79)117-107)97-74-43-29-34-48-83(74)111(9,10)103(97)104/h29-38,43-60,65-69H,13-28,39-42,61-64H2,1-12H3. The van der Waals surface area contributed by atoms with Gasteiger partial charge in [0.1, 0.15) is 33.5 Å². The molecule has 0 saturated carbocycles. The highest BCUT2D eigenvalue weighted by atomic mass is 16.3. The predicted molar refractivity (Wildman–Crippen MR) is 499 cm³/mol. The van der Waals surface area contributed by atoms with E-state index in [9.17, 15) is 0 Å². The van der Waals surface area contributed by atoms with Gasteiger partial charge in [0.05, 0.1) is 0 Å². The summed E-state index contributed by atoms with van der Waals surface area (Å²) in [6.07, 6.45) is 29.4. The molecule has 4 nitrogen and oxygen atoms in total. The van der Waals surface area contributed by atoms with E-state index in [1.54, 1.807) is 16.7 Å². The Kier molecular flexibility index (Phi) is 18.0. The maximum atomic E-state index is 7.78. The molecule has 596 valence electrons. The van der Waals surface area contributed by atoms with Crippen molar-refractivity contribution in [3.8, 4) is 66.8 Å². The Bertz CT molecular complexity index is 6570. The topological polar surface area (TPSA) is 42.7 Å². The molecule has 0 fully saturated rings. The summed E-state index contributed by atoms with van der Waals surface area (Å²) in [7, 11) is 0. The number of hydrogen-bond acceptors (Lipinski definition) is 4. The molecule has 21 rings (SSSR count). The van der Waals surface area contributed by atoms with Crippen LogP contribution in [-0.2, 0) is 32.5 Å². The fraction of sp³-hybridized carbons (Fsp3) is 0.368. The molecule has 15 aromatic rings. The van der Waals surface area contributed by atoms with Gasteiger partial charge >= 0.3 is 0 Å². The molecule has 0 atom stereocenters. The Morgan fingerprint density at radius 1 is 0.237 bits per heavy atom. The maximum Gasteiger partial charge on any atom is 0.144 e. The van der Waals surface area contributed by atoms with Crippen LogP contribution < -0.4 is 4.90 Å². The number of para-hydroxylation sites is 3. The van der Waals surface area contributed by atoms with E-state index in [1.165, 1.54) is 295 Å². The molecule has 0 amide bonds. The summed E-state index contributed by atoms with van der Waals surface area (Å²) in [6.45, 7) is 29.4. The molecule has 6 aliphatic carbocycles. The van der Waals surface area contributed by atoms with E-state index < -0.39 is 5.41 Å². The quantitative estimate of drug-likeness (QED) is 0.0481. The highest BCUT2D eigenvalue weighted by Gasteiger charge is 2.56. The molecule has 0 radical (unpaired) electrons. The molecule has 0 aliphatic heterocycles. The third-order valence-electron chi connectivity index (χ3n) is 30.7. The first-order valence-electron chi connectivity index (χ1n) is 46.1. The van der Waals surface area contributed by atoms with Crippen molar-refractivity contribution in [3.63, 3.8) is 0 Å². The SMILES string of the molecule is CCCCCCCC1(CCCCCCC)c2cc(N(c3ccc4c(c3)C(C)(C)c3cc5c(cc3-4)C(C)(C)c3ccc4oc6ccccc6c4c3-5)c3ccc4c(c3)C(C)(C)c3c5c(c6c(oc7ccccc76)c3-4)-c3ccccc3C5(C)C)ccc2-c2c1c1c(c3c2oc2ccccc23)-c2ccccc2C1(CCCCCCC)CCCCCCC. The molecule has 118 heavy (non-hydrogen) atoms. The molecule has 3 heterocycles. The Morgan fingerprint density at radius 3 is 1.15 bits per heavy atom. The normalized spacial score (nSPS) is 16.2. The molecule has 4 heteroatoms. The number of unbranched alkanes of at least 4 members (excludes halogenated alkanes) is 16. The van der Waals surface area contributed by atoms with Gasteiger partial charge < -0.3 is 18.2 Å². The van der Waals surface area contributed by atoms with Crippen molar-refractivity contribution in [1.29, 1.82) is 0 Å². The van der Waals surface area contributed by atoms with Gasteiger partial charge in [-0.05, 0) is 221 Å². The lowest BCUT2D eigenvalue weighted by atomic mass is 9.62. The van der Waals surface area contributed by atoms with Gasteiger partial charge in [-0.15, -0.1) is 0 Å². The lowest BCUT2D eigenvalue weighted by Crippen LogP contribution is -2.33. The molecule has 0 N–H and O–H groups in total. The smallest absolute Gasteiger partial charge is 0.144 e. The zero-order chi connectivity index (χ0) is 80.5. The molecule has 0 saturated heterocycles. The van der Waals surface area contributed by atoms with Crippen LogP contribution in [0.4, 0.5) is 17.1 Å². The van der Waals surface area contributed by atoms with Crippen molar-refractivity contribution in [1.82, 2.24) is 0 Å². The van der Waals surface area contributed by atoms with E-state index >= 15 is 0 Å². The summed E-state index contributed by atoms with van der Waals surface area (Å²) < 4.78 is 21.8. The number of rotatable bonds is 27. The van der Waals surface area contributed by atoms with Crippen molar-refractivity contribution in [2.75, 3.05) is 4.90 Å². The van der Waals surface area contributed by atoms with Crippen LogP contribution in [-0.4, -0.2) is 0 Å². The molecule has 12 aromatic carbocycles. The van der Waals surface area contributed by atoms with Crippen LogP contribution in [0.3, 0.4) is 0 Å². The summed E-state index contributed by atoms with van der Waals surface area (Å²) in [4.78, 5) is 2.73. The van der Waals surface area contributed by atoms with E-state index in [-0.39, 0.29) is 27.1 Å². The van der Waals surface area contributed by atoms with E-state index in [4.69, 9.17) is 13.3 Å². The molecule has 3 aromatic heterocycles. The molecule has 0 spiro atoms. The van der Waals surface area contributed by atoms with Crippen molar-refractivity contribution < 1.29 is 13.3 Å². The monoisotopic (exact) mass is 1550 g/mol. The third kappa shape index (κ3) is 10.8. The van der Waals surface area contributed by atoms with Crippen LogP contribution in [0.2, 0.25) is 0 Å². The highest BCUT2D eigenvalue weighted by molar-refractivity contribution is 6.23. The summed E-state index contributed by atoms with van der Waals surface area (Å²) in [5.74, 6) is 0. The zero-order valence-electron chi connectivity index (χ0n) is 72.2. The van der Waals surface area contributed by atoms with Gasteiger partial charge in [-0.25, -0.2) is 0 Å². The largest absolute Gasteiger partial charge is 0.456 e. The van der Waals surface area contributed by atoms with Gasteiger partial charge in [-0.2, -0.15) is 0 Å². The average molecular weight is 1550 g/mol. The first-order valence-corrected chi connectivity index (χ1v) is 46.1. The summed E-state index contributed by atoms with van der Waals surface area (Å²) in [5.41, 5.74) is 41.3. The Morgan fingerprint density at radius 2 is 0.602 bits per heavy atom. The van der Waals surface area contributed by atoms with E-state index in [0.29, 0.717) is 0 Å². The van der Waals surface area contributed by atoms with Crippen molar-refractivity contribution >= 4 is 82.9 Å². The van der Waals surface area contributed by atoms with Gasteiger partial charge in [-0.1, -0.05) is 339 Å². The van der Waals surface area contributed by atoms with Crippen molar-refractivity contribution in [2.45, 2.75) is 270 Å². The molecular formula is C114H117NO3. The van der Waals surface area contributed by atoms with E-state index in [0.717, 1.165) is 59.2 Å². The number of hydrogen-bond donors (Lipinski definition) is 0. The summed E-state index contributed by atoms with van der Waals surface area (Å²) in [6, 6.07) is 78.8. The first kappa shape index (κ1) is 75.3. The minimum Gasteiger partial charge on any atom is -0.456 e. The molecule has 0 bridgehead atoms. The van der Waals surface area contributed by atoms with Crippen molar-refractivity contribution in [3.05, 3.63) is 267 Å². The lowest BCUT2D eigenvalue weighted by molar-refractivity contribution is 0.369. The van der Waals surface area contributed by atoms with Gasteiger partial charge in [0, 0.05) is 93.0 Å². The Hall–Kier alpha value is -10.2. The van der Waals surface area contributed by atoms with Gasteiger partial charge in [-0.3, -0.25) is 0 Å². The fourth-order valence-corrected chi connectivity index (χ4v) is 25.0. The Balaban J connectivity index is 0.816. The number of anilines is 3. The number of fused-ring (bicyclic) bond motifs is 34. The van der Waals surface area contributed by atoms with Crippen LogP contribution in [0, 0.1) is 0 Å². The maximum absolute atomic E-state index is 7.78. The second-order valence-corrected chi connectivity index (χ2v) is 38.9. The number of nitrogens with zero attached hydrogens (tertiary/aromatic N) is 1.